The van der Waals surface area contributed by atoms with Gasteiger partial charge < -0.3 is 0 Å². The zero-order valence-corrected chi connectivity index (χ0v) is 10.4. The van der Waals surface area contributed by atoms with E-state index in [1.165, 1.54) is 28.3 Å². The van der Waals surface area contributed by atoms with Crippen LogP contribution in [0.4, 0.5) is 0 Å². The summed E-state index contributed by atoms with van der Waals surface area (Å²) in [5.41, 5.74) is 3.80. The van der Waals surface area contributed by atoms with Crippen molar-refractivity contribution >= 4 is 16.6 Å². The Bertz CT molecular complexity index is 640. The van der Waals surface area contributed by atoms with Gasteiger partial charge in [0.05, 0.1) is 0 Å². The molecule has 2 aromatic rings. The highest BCUT2D eigenvalue weighted by molar-refractivity contribution is 6.11. The van der Waals surface area contributed by atoms with Gasteiger partial charge in [-0.25, -0.2) is 0 Å². The van der Waals surface area contributed by atoms with Crippen LogP contribution in [0.3, 0.4) is 0 Å². The minimum atomic E-state index is 0.295. The molecule has 1 saturated carbocycles. The molecule has 0 spiro atoms. The van der Waals surface area contributed by atoms with E-state index in [4.69, 9.17) is 0 Å². The second kappa shape index (κ2) is 3.68. The fourth-order valence-corrected chi connectivity index (χ4v) is 3.35. The maximum atomic E-state index is 12.5. The van der Waals surface area contributed by atoms with Crippen LogP contribution in [0.1, 0.15) is 40.7 Å². The van der Waals surface area contributed by atoms with Crippen LogP contribution in [-0.2, 0) is 12.8 Å². The van der Waals surface area contributed by atoms with Gasteiger partial charge in [-0.1, -0.05) is 36.8 Å². The molecular weight excluding hydrogens is 220 g/mol. The summed E-state index contributed by atoms with van der Waals surface area (Å²) in [7, 11) is 0. The van der Waals surface area contributed by atoms with Gasteiger partial charge >= 0.3 is 0 Å². The zero-order valence-electron chi connectivity index (χ0n) is 10.4. The van der Waals surface area contributed by atoms with Gasteiger partial charge in [-0.3, -0.25) is 4.79 Å². The Kier molecular flexibility index (Phi) is 2.11. The van der Waals surface area contributed by atoms with Crippen molar-refractivity contribution in [2.24, 2.45) is 5.92 Å². The smallest absolute Gasteiger partial charge is 0.166 e. The number of ketones is 1. The summed E-state index contributed by atoms with van der Waals surface area (Å²) < 4.78 is 0. The van der Waals surface area contributed by atoms with E-state index < -0.39 is 0 Å². The lowest BCUT2D eigenvalue weighted by Gasteiger charge is -2.24. The maximum Gasteiger partial charge on any atom is 0.166 e. The first-order chi connectivity index (χ1) is 8.84. The van der Waals surface area contributed by atoms with E-state index in [0.29, 0.717) is 11.7 Å². The standard InChI is InChI=1S/C17H16O/c18-17(13-4-1-5-13)15-10-9-12-8-7-11-3-2-6-14(15)16(11)12/h2-3,6,9-10,13H,1,4-5,7-8H2. The topological polar surface area (TPSA) is 17.1 Å². The summed E-state index contributed by atoms with van der Waals surface area (Å²) in [5, 5.41) is 2.56. The van der Waals surface area contributed by atoms with Gasteiger partial charge in [0.1, 0.15) is 0 Å². The van der Waals surface area contributed by atoms with Crippen LogP contribution in [0.2, 0.25) is 0 Å². The average molecular weight is 236 g/mol. The van der Waals surface area contributed by atoms with Crippen molar-refractivity contribution in [1.82, 2.24) is 0 Å². The lowest BCUT2D eigenvalue weighted by atomic mass is 9.79. The van der Waals surface area contributed by atoms with E-state index >= 15 is 0 Å². The fourth-order valence-electron chi connectivity index (χ4n) is 3.35. The molecule has 1 fully saturated rings. The van der Waals surface area contributed by atoms with Crippen LogP contribution >= 0.6 is 0 Å². The van der Waals surface area contributed by atoms with Gasteiger partial charge in [0.2, 0.25) is 0 Å². The molecule has 0 bridgehead atoms. The second-order valence-electron chi connectivity index (χ2n) is 5.60. The van der Waals surface area contributed by atoms with Crippen LogP contribution in [-0.4, -0.2) is 5.78 Å². The Labute approximate surface area is 107 Å². The Morgan fingerprint density at radius 3 is 2.50 bits per heavy atom. The number of hydrogen-bond acceptors (Lipinski definition) is 1. The summed E-state index contributed by atoms with van der Waals surface area (Å²) in [6.45, 7) is 0. The van der Waals surface area contributed by atoms with Gasteiger partial charge in [0.25, 0.3) is 0 Å². The van der Waals surface area contributed by atoms with E-state index in [0.717, 1.165) is 31.2 Å². The van der Waals surface area contributed by atoms with E-state index in [1.807, 2.05) is 0 Å². The summed E-state index contributed by atoms with van der Waals surface area (Å²) in [4.78, 5) is 12.5. The van der Waals surface area contributed by atoms with Crippen molar-refractivity contribution in [1.29, 1.82) is 0 Å². The molecule has 0 unspecified atom stereocenters. The SMILES string of the molecule is O=C(c1ccc2c3c(cccc13)CC2)C1CCC1. The van der Waals surface area contributed by atoms with Crippen LogP contribution in [0.5, 0.6) is 0 Å². The molecule has 0 aliphatic heterocycles. The van der Waals surface area contributed by atoms with Gasteiger partial charge in [-0.2, -0.15) is 0 Å². The Balaban J connectivity index is 1.94. The Morgan fingerprint density at radius 1 is 1.00 bits per heavy atom. The van der Waals surface area contributed by atoms with Gasteiger partial charge in [0, 0.05) is 11.5 Å². The van der Waals surface area contributed by atoms with Crippen molar-refractivity contribution in [3.05, 3.63) is 47.0 Å². The molecule has 0 heterocycles. The van der Waals surface area contributed by atoms with Crippen molar-refractivity contribution < 1.29 is 4.79 Å². The minimum Gasteiger partial charge on any atom is -0.294 e. The number of carbonyl (C=O) groups excluding carboxylic acids is 1. The first-order valence-corrected chi connectivity index (χ1v) is 6.92. The third kappa shape index (κ3) is 1.30. The van der Waals surface area contributed by atoms with E-state index in [2.05, 4.69) is 30.3 Å². The molecule has 1 heteroatoms. The van der Waals surface area contributed by atoms with Crippen molar-refractivity contribution in [3.8, 4) is 0 Å². The number of Topliss-reactive ketones (excluding diaryl/α,β-unsaturated/α-hetero) is 1. The van der Waals surface area contributed by atoms with Crippen molar-refractivity contribution in [3.63, 3.8) is 0 Å². The van der Waals surface area contributed by atoms with Gasteiger partial charge in [-0.05, 0) is 47.6 Å². The molecule has 0 N–H and O–H groups in total. The monoisotopic (exact) mass is 236 g/mol. The predicted octanol–water partition coefficient (Wildman–Crippen LogP) is 3.92. The van der Waals surface area contributed by atoms with Crippen LogP contribution in [0.15, 0.2) is 30.3 Å². The molecule has 18 heavy (non-hydrogen) atoms. The normalized spacial score (nSPS) is 18.0. The number of carbonyl (C=O) groups is 1. The van der Waals surface area contributed by atoms with Crippen molar-refractivity contribution in [2.75, 3.05) is 0 Å². The molecule has 0 aromatic heterocycles. The maximum absolute atomic E-state index is 12.5. The number of benzene rings is 2. The minimum absolute atomic E-state index is 0.295. The van der Waals surface area contributed by atoms with Gasteiger partial charge in [0.15, 0.2) is 5.78 Å². The highest BCUT2D eigenvalue weighted by Gasteiger charge is 2.28. The summed E-state index contributed by atoms with van der Waals surface area (Å²) in [6, 6.07) is 10.7. The van der Waals surface area contributed by atoms with Crippen molar-refractivity contribution in [2.45, 2.75) is 32.1 Å². The molecule has 0 amide bonds. The molecule has 1 nitrogen and oxygen atoms in total. The third-order valence-corrected chi connectivity index (χ3v) is 4.62. The fraction of sp³-hybridized carbons (Fsp3) is 0.353. The van der Waals surface area contributed by atoms with Crippen LogP contribution < -0.4 is 0 Å². The number of hydrogen-bond donors (Lipinski definition) is 0. The zero-order chi connectivity index (χ0) is 12.1. The summed E-state index contributed by atoms with van der Waals surface area (Å²) >= 11 is 0. The molecule has 2 aliphatic carbocycles. The Hall–Kier alpha value is -1.63. The molecule has 2 aromatic carbocycles. The first-order valence-electron chi connectivity index (χ1n) is 6.92. The number of aryl methyl sites for hydroxylation is 2. The quantitative estimate of drug-likeness (QED) is 0.722. The van der Waals surface area contributed by atoms with Gasteiger partial charge in [-0.15, -0.1) is 0 Å². The summed E-state index contributed by atoms with van der Waals surface area (Å²) in [5.74, 6) is 0.667. The van der Waals surface area contributed by atoms with E-state index in [1.54, 1.807) is 0 Å². The second-order valence-corrected chi connectivity index (χ2v) is 5.60. The molecule has 0 saturated heterocycles. The lowest BCUT2D eigenvalue weighted by molar-refractivity contribution is 0.0857. The molecule has 90 valence electrons. The predicted molar refractivity (Wildman–Crippen MR) is 73.0 cm³/mol. The Morgan fingerprint density at radius 2 is 1.78 bits per heavy atom. The molecular formula is C17H16O. The van der Waals surface area contributed by atoms with Crippen LogP contribution in [0.25, 0.3) is 10.8 Å². The molecule has 2 aliphatic rings. The molecule has 0 radical (unpaired) electrons. The average Bonchev–Trinajstić information content (AvgIpc) is 2.73. The lowest BCUT2D eigenvalue weighted by Crippen LogP contribution is -2.22. The summed E-state index contributed by atoms with van der Waals surface area (Å²) in [6.07, 6.45) is 5.66. The molecule has 0 atom stereocenters. The number of rotatable bonds is 2. The van der Waals surface area contributed by atoms with Crippen LogP contribution in [0, 0.1) is 5.92 Å². The van der Waals surface area contributed by atoms with E-state index in [-0.39, 0.29) is 0 Å². The largest absolute Gasteiger partial charge is 0.294 e. The highest BCUT2D eigenvalue weighted by atomic mass is 16.1. The molecule has 4 rings (SSSR count). The third-order valence-electron chi connectivity index (χ3n) is 4.62. The first kappa shape index (κ1) is 10.3. The highest BCUT2D eigenvalue weighted by Crippen LogP contribution is 2.36. The van der Waals surface area contributed by atoms with E-state index in [9.17, 15) is 4.79 Å².